The van der Waals surface area contributed by atoms with Gasteiger partial charge in [0.25, 0.3) is 5.91 Å². The number of fused-ring (bicyclic) bond motifs is 1. The van der Waals surface area contributed by atoms with Crippen molar-refractivity contribution >= 4 is 22.8 Å². The summed E-state index contributed by atoms with van der Waals surface area (Å²) < 4.78 is 10.9. The molecule has 0 aliphatic heterocycles. The highest BCUT2D eigenvalue weighted by Gasteiger charge is 2.26. The van der Waals surface area contributed by atoms with Crippen molar-refractivity contribution in [1.29, 1.82) is 0 Å². The average molecular weight is 389 g/mol. The van der Waals surface area contributed by atoms with Crippen LogP contribution >= 0.6 is 0 Å². The van der Waals surface area contributed by atoms with Crippen molar-refractivity contribution in [2.24, 2.45) is 5.92 Å². The van der Waals surface area contributed by atoms with Crippen molar-refractivity contribution in [3.05, 3.63) is 40.2 Å². The number of unbranched alkanes of at least 4 members (excludes halogenated alkanes) is 1. The zero-order valence-corrected chi connectivity index (χ0v) is 16.7. The molecular formula is C21H27NO6. The quantitative estimate of drug-likeness (QED) is 0.638. The van der Waals surface area contributed by atoms with Crippen molar-refractivity contribution in [3.8, 4) is 5.75 Å². The molecule has 1 aromatic heterocycles. The van der Waals surface area contributed by atoms with E-state index in [1.165, 1.54) is 13.0 Å². The Kier molecular flexibility index (Phi) is 7.20. The lowest BCUT2D eigenvalue weighted by Crippen LogP contribution is -2.48. The maximum Gasteiger partial charge on any atom is 0.336 e. The van der Waals surface area contributed by atoms with Crippen molar-refractivity contribution in [1.82, 2.24) is 5.32 Å². The molecule has 1 amide bonds. The molecule has 2 rings (SSSR count). The molecule has 0 bridgehead atoms. The van der Waals surface area contributed by atoms with Crippen molar-refractivity contribution in [3.63, 3.8) is 0 Å². The first-order chi connectivity index (χ1) is 13.2. The molecule has 2 N–H and O–H groups in total. The normalized spacial score (nSPS) is 13.3. The van der Waals surface area contributed by atoms with Gasteiger partial charge in [0.1, 0.15) is 17.4 Å². The zero-order valence-electron chi connectivity index (χ0n) is 16.7. The van der Waals surface area contributed by atoms with Crippen LogP contribution in [0.1, 0.15) is 46.1 Å². The minimum Gasteiger partial charge on any atom is -0.481 e. The van der Waals surface area contributed by atoms with Crippen LogP contribution in [-0.2, 0) is 16.0 Å². The number of nitrogens with one attached hydrogen (secondary N) is 1. The lowest BCUT2D eigenvalue weighted by Gasteiger charge is -2.21. The van der Waals surface area contributed by atoms with E-state index < -0.39 is 29.6 Å². The van der Waals surface area contributed by atoms with Gasteiger partial charge >= 0.3 is 11.6 Å². The molecule has 0 fully saturated rings. The third kappa shape index (κ3) is 5.34. The number of ether oxygens (including phenoxy) is 1. The van der Waals surface area contributed by atoms with Gasteiger partial charge in [0, 0.05) is 17.5 Å². The zero-order chi connectivity index (χ0) is 20.8. The molecule has 1 aromatic carbocycles. The summed E-state index contributed by atoms with van der Waals surface area (Å²) in [7, 11) is 0. The molecule has 2 aromatic rings. The molecule has 28 heavy (non-hydrogen) atoms. The molecule has 0 spiro atoms. The lowest BCUT2D eigenvalue weighted by atomic mass is 10.0. The summed E-state index contributed by atoms with van der Waals surface area (Å²) in [6, 6.07) is 5.60. The van der Waals surface area contributed by atoms with Gasteiger partial charge in [0.2, 0.25) is 0 Å². The molecule has 7 nitrogen and oxygen atoms in total. The highest BCUT2D eigenvalue weighted by Crippen LogP contribution is 2.24. The minimum atomic E-state index is -1.09. The Morgan fingerprint density at radius 2 is 1.93 bits per heavy atom. The van der Waals surface area contributed by atoms with Gasteiger partial charge in [-0.25, -0.2) is 9.59 Å². The Balaban J connectivity index is 2.18. The van der Waals surface area contributed by atoms with Crippen LogP contribution in [-0.4, -0.2) is 29.1 Å². The number of carboxylic acid groups (broad SMARTS) is 1. The van der Waals surface area contributed by atoms with E-state index in [2.05, 4.69) is 12.2 Å². The highest BCUT2D eigenvalue weighted by atomic mass is 16.5. The Bertz CT molecular complexity index is 901. The van der Waals surface area contributed by atoms with E-state index in [1.54, 1.807) is 32.0 Å². The van der Waals surface area contributed by atoms with Gasteiger partial charge in [-0.3, -0.25) is 4.79 Å². The number of rotatable bonds is 9. The number of benzene rings is 1. The first kappa shape index (κ1) is 21.5. The number of amides is 1. The fourth-order valence-electron chi connectivity index (χ4n) is 2.90. The minimum absolute atomic E-state index is 0.259. The van der Waals surface area contributed by atoms with Crippen molar-refractivity contribution in [2.75, 3.05) is 0 Å². The number of hydrogen-bond donors (Lipinski definition) is 2. The first-order valence-electron chi connectivity index (χ1n) is 9.49. The number of hydrogen-bond acceptors (Lipinski definition) is 5. The SMILES string of the molecule is CCCCc1cc(=O)oc2cc(O[C@@H](C)C(=O)N[C@H](C(=O)O)C(C)C)ccc12. The molecule has 2 atom stereocenters. The van der Waals surface area contributed by atoms with Crippen LogP contribution in [0, 0.1) is 5.92 Å². The molecular weight excluding hydrogens is 362 g/mol. The third-order valence-electron chi connectivity index (χ3n) is 4.51. The van der Waals surface area contributed by atoms with E-state index in [-0.39, 0.29) is 5.92 Å². The molecule has 0 saturated heterocycles. The van der Waals surface area contributed by atoms with E-state index in [1.807, 2.05) is 0 Å². The van der Waals surface area contributed by atoms with Gasteiger partial charge in [-0.05, 0) is 43.4 Å². The van der Waals surface area contributed by atoms with Crippen LogP contribution < -0.4 is 15.7 Å². The largest absolute Gasteiger partial charge is 0.481 e. The fourth-order valence-corrected chi connectivity index (χ4v) is 2.90. The van der Waals surface area contributed by atoms with Crippen LogP contribution in [0.15, 0.2) is 33.5 Å². The first-order valence-corrected chi connectivity index (χ1v) is 9.49. The monoisotopic (exact) mass is 389 g/mol. The number of carbonyl (C=O) groups is 2. The lowest BCUT2D eigenvalue weighted by molar-refractivity contribution is -0.144. The van der Waals surface area contributed by atoms with E-state index in [0.29, 0.717) is 11.3 Å². The summed E-state index contributed by atoms with van der Waals surface area (Å²) >= 11 is 0. The predicted molar refractivity (Wildman–Crippen MR) is 106 cm³/mol. The van der Waals surface area contributed by atoms with E-state index in [4.69, 9.17) is 9.15 Å². The topological polar surface area (TPSA) is 106 Å². The Morgan fingerprint density at radius 1 is 1.21 bits per heavy atom. The van der Waals surface area contributed by atoms with Gasteiger partial charge < -0.3 is 19.6 Å². The van der Waals surface area contributed by atoms with Gasteiger partial charge in [-0.1, -0.05) is 27.2 Å². The number of carboxylic acids is 1. The second-order valence-electron chi connectivity index (χ2n) is 7.18. The van der Waals surface area contributed by atoms with Gasteiger partial charge in [-0.2, -0.15) is 0 Å². The van der Waals surface area contributed by atoms with Crippen LogP contribution in [0.3, 0.4) is 0 Å². The van der Waals surface area contributed by atoms with E-state index in [9.17, 15) is 19.5 Å². The van der Waals surface area contributed by atoms with E-state index >= 15 is 0 Å². The predicted octanol–water partition coefficient (Wildman–Crippen LogP) is 3.13. The summed E-state index contributed by atoms with van der Waals surface area (Å²) in [5.41, 5.74) is 0.892. The maximum absolute atomic E-state index is 12.3. The summed E-state index contributed by atoms with van der Waals surface area (Å²) in [6.07, 6.45) is 1.86. The average Bonchev–Trinajstić information content (AvgIpc) is 2.62. The van der Waals surface area contributed by atoms with Crippen LogP contribution in [0.2, 0.25) is 0 Å². The van der Waals surface area contributed by atoms with Crippen molar-refractivity contribution in [2.45, 2.75) is 59.1 Å². The molecule has 7 heteroatoms. The van der Waals surface area contributed by atoms with Crippen LogP contribution in [0.25, 0.3) is 11.0 Å². The second kappa shape index (κ2) is 9.39. The molecule has 0 aliphatic rings. The molecule has 152 valence electrons. The summed E-state index contributed by atoms with van der Waals surface area (Å²) in [5.74, 6) is -1.52. The smallest absolute Gasteiger partial charge is 0.336 e. The number of carbonyl (C=O) groups excluding carboxylic acids is 1. The second-order valence-corrected chi connectivity index (χ2v) is 7.18. The molecule has 0 unspecified atom stereocenters. The van der Waals surface area contributed by atoms with Gasteiger partial charge in [0.15, 0.2) is 6.10 Å². The Morgan fingerprint density at radius 3 is 2.54 bits per heavy atom. The highest BCUT2D eigenvalue weighted by molar-refractivity contribution is 5.86. The van der Waals surface area contributed by atoms with Crippen LogP contribution in [0.4, 0.5) is 0 Å². The summed E-state index contributed by atoms with van der Waals surface area (Å²) in [4.78, 5) is 35.4. The number of aliphatic carboxylic acids is 1. The molecule has 1 heterocycles. The van der Waals surface area contributed by atoms with Gasteiger partial charge in [-0.15, -0.1) is 0 Å². The Labute approximate surface area is 163 Å². The third-order valence-corrected chi connectivity index (χ3v) is 4.51. The van der Waals surface area contributed by atoms with E-state index in [0.717, 1.165) is 30.2 Å². The van der Waals surface area contributed by atoms with Crippen molar-refractivity contribution < 1.29 is 23.8 Å². The Hall–Kier alpha value is -2.83. The standard InChI is InChI=1S/C21H27NO6/c1-5-6-7-14-10-18(23)28-17-11-15(8-9-16(14)17)27-13(4)20(24)22-19(12(2)3)21(25)26/h8-13,19H,5-7H2,1-4H3,(H,22,24)(H,25,26)/t13-,19-/m0/s1. The van der Waals surface area contributed by atoms with Gasteiger partial charge in [0.05, 0.1) is 0 Å². The number of aryl methyl sites for hydroxylation is 1. The maximum atomic E-state index is 12.3. The summed E-state index contributed by atoms with van der Waals surface area (Å²) in [6.45, 7) is 7.05. The molecule has 0 saturated carbocycles. The molecule has 0 aliphatic carbocycles. The fraction of sp³-hybridized carbons (Fsp3) is 0.476. The summed E-state index contributed by atoms with van der Waals surface area (Å²) in [5, 5.41) is 12.5. The van der Waals surface area contributed by atoms with Crippen LogP contribution in [0.5, 0.6) is 5.75 Å². The molecule has 0 radical (unpaired) electrons.